The summed E-state index contributed by atoms with van der Waals surface area (Å²) in [6, 6.07) is 11.5. The van der Waals surface area contributed by atoms with E-state index < -0.39 is 11.8 Å². The fraction of sp³-hybridized carbons (Fsp3) is 0.125. The maximum Gasteiger partial charge on any atom is 0.419 e. The topological polar surface area (TPSA) is 76.3 Å². The van der Waals surface area contributed by atoms with Crippen LogP contribution in [0.4, 0.5) is 16.2 Å². The minimum atomic E-state index is -0.435. The monoisotopic (exact) mass is 331 g/mol. The number of nitrogens with one attached hydrogen (secondary N) is 2. The normalized spacial score (nSPS) is 10.7. The van der Waals surface area contributed by atoms with E-state index in [-0.39, 0.29) is 0 Å². The first-order valence-electron chi connectivity index (χ1n) is 7.04. The molecule has 1 heterocycles. The van der Waals surface area contributed by atoms with Crippen LogP contribution in [-0.4, -0.2) is 10.6 Å². The van der Waals surface area contributed by atoms with Gasteiger partial charge in [0.15, 0.2) is 5.58 Å². The van der Waals surface area contributed by atoms with Crippen LogP contribution in [0, 0.1) is 0 Å². The first-order chi connectivity index (χ1) is 11.1. The van der Waals surface area contributed by atoms with E-state index in [1.165, 1.54) is 4.57 Å². The lowest BCUT2D eigenvalue weighted by Gasteiger charge is -2.08. The molecule has 0 radical (unpaired) electrons. The molecule has 7 heteroatoms. The van der Waals surface area contributed by atoms with Gasteiger partial charge in [-0.2, -0.15) is 0 Å². The van der Waals surface area contributed by atoms with Gasteiger partial charge in [-0.25, -0.2) is 9.59 Å². The van der Waals surface area contributed by atoms with Crippen molar-refractivity contribution in [1.82, 2.24) is 4.57 Å². The maximum atomic E-state index is 12.0. The van der Waals surface area contributed by atoms with Crippen molar-refractivity contribution in [3.8, 4) is 0 Å². The number of nitrogens with zero attached hydrogens (tertiary/aromatic N) is 1. The molecule has 0 aliphatic carbocycles. The van der Waals surface area contributed by atoms with E-state index in [2.05, 4.69) is 10.6 Å². The predicted molar refractivity (Wildman–Crippen MR) is 90.2 cm³/mol. The van der Waals surface area contributed by atoms with Crippen LogP contribution in [0.15, 0.2) is 51.7 Å². The van der Waals surface area contributed by atoms with E-state index in [0.717, 1.165) is 0 Å². The van der Waals surface area contributed by atoms with Gasteiger partial charge >= 0.3 is 11.8 Å². The zero-order valence-electron chi connectivity index (χ0n) is 12.3. The molecule has 2 aromatic carbocycles. The number of anilines is 2. The first-order valence-corrected chi connectivity index (χ1v) is 7.42. The van der Waals surface area contributed by atoms with Crippen molar-refractivity contribution in [1.29, 1.82) is 0 Å². The Kier molecular flexibility index (Phi) is 4.08. The summed E-state index contributed by atoms with van der Waals surface area (Å²) in [4.78, 5) is 23.7. The summed E-state index contributed by atoms with van der Waals surface area (Å²) in [5.74, 6) is -0.417. The highest BCUT2D eigenvalue weighted by atomic mass is 35.5. The second kappa shape index (κ2) is 6.18. The molecule has 0 aliphatic rings. The number of aryl methyl sites for hydroxylation is 1. The Morgan fingerprint density at radius 3 is 2.74 bits per heavy atom. The summed E-state index contributed by atoms with van der Waals surface area (Å²) in [6.45, 7) is 2.38. The van der Waals surface area contributed by atoms with Crippen molar-refractivity contribution in [3.63, 3.8) is 0 Å². The van der Waals surface area contributed by atoms with E-state index >= 15 is 0 Å². The zero-order chi connectivity index (χ0) is 16.4. The third-order valence-electron chi connectivity index (χ3n) is 3.36. The largest absolute Gasteiger partial charge is 0.419 e. The summed E-state index contributed by atoms with van der Waals surface area (Å²) < 4.78 is 6.68. The number of aromatic nitrogens is 1. The van der Waals surface area contributed by atoms with Crippen LogP contribution in [0.5, 0.6) is 0 Å². The Labute approximate surface area is 136 Å². The molecule has 0 atom stereocenters. The Balaban J connectivity index is 1.80. The van der Waals surface area contributed by atoms with Gasteiger partial charge in [0.2, 0.25) is 0 Å². The zero-order valence-corrected chi connectivity index (χ0v) is 13.1. The number of benzene rings is 2. The fourth-order valence-corrected chi connectivity index (χ4v) is 2.47. The molecule has 2 amide bonds. The molecule has 0 spiro atoms. The Hall–Kier alpha value is -2.73. The molecule has 0 aliphatic heterocycles. The minimum absolute atomic E-state index is 0.417. The second-order valence-electron chi connectivity index (χ2n) is 4.85. The van der Waals surface area contributed by atoms with E-state index in [1.807, 2.05) is 6.92 Å². The highest BCUT2D eigenvalue weighted by Gasteiger charge is 2.10. The van der Waals surface area contributed by atoms with Gasteiger partial charge in [-0.15, -0.1) is 0 Å². The number of oxazole rings is 1. The van der Waals surface area contributed by atoms with Crippen molar-refractivity contribution in [3.05, 3.63) is 58.0 Å². The van der Waals surface area contributed by atoms with Crippen LogP contribution < -0.4 is 16.4 Å². The smallest absolute Gasteiger partial charge is 0.408 e. The highest BCUT2D eigenvalue weighted by molar-refractivity contribution is 6.33. The number of urea groups is 1. The quantitative estimate of drug-likeness (QED) is 0.764. The molecule has 0 unspecified atom stereocenters. The van der Waals surface area contributed by atoms with Crippen LogP contribution in [0.1, 0.15) is 6.92 Å². The molecule has 6 nitrogen and oxygen atoms in total. The molecule has 1 aromatic heterocycles. The fourth-order valence-electron chi connectivity index (χ4n) is 2.29. The number of para-hydroxylation sites is 1. The number of hydrogen-bond acceptors (Lipinski definition) is 3. The second-order valence-corrected chi connectivity index (χ2v) is 5.26. The lowest BCUT2D eigenvalue weighted by molar-refractivity contribution is 0.262. The lowest BCUT2D eigenvalue weighted by atomic mass is 10.3. The molecular formula is C16H14ClN3O3. The maximum absolute atomic E-state index is 12.0. The molecule has 0 bridgehead atoms. The van der Waals surface area contributed by atoms with Crippen molar-refractivity contribution >= 4 is 40.1 Å². The van der Waals surface area contributed by atoms with Crippen molar-refractivity contribution < 1.29 is 9.21 Å². The van der Waals surface area contributed by atoms with Crippen LogP contribution in [-0.2, 0) is 6.54 Å². The summed E-state index contributed by atoms with van der Waals surface area (Å²) in [7, 11) is 0. The number of fused-ring (bicyclic) bond motifs is 1. The summed E-state index contributed by atoms with van der Waals surface area (Å²) in [5, 5.41) is 5.78. The Bertz CT molecular complexity index is 930. The van der Waals surface area contributed by atoms with Gasteiger partial charge in [-0.3, -0.25) is 4.57 Å². The molecule has 0 saturated carbocycles. The molecule has 23 heavy (non-hydrogen) atoms. The van der Waals surface area contributed by atoms with E-state index in [1.54, 1.807) is 42.5 Å². The summed E-state index contributed by atoms with van der Waals surface area (Å²) >= 11 is 5.99. The lowest BCUT2D eigenvalue weighted by Crippen LogP contribution is -2.19. The summed E-state index contributed by atoms with van der Waals surface area (Å²) in [6.07, 6.45) is 0. The van der Waals surface area contributed by atoms with E-state index in [9.17, 15) is 9.59 Å². The average molecular weight is 332 g/mol. The van der Waals surface area contributed by atoms with Gasteiger partial charge < -0.3 is 15.1 Å². The number of rotatable bonds is 3. The number of halogens is 1. The Morgan fingerprint density at radius 1 is 1.22 bits per heavy atom. The van der Waals surface area contributed by atoms with Crippen molar-refractivity contribution in [2.24, 2.45) is 0 Å². The molecule has 3 rings (SSSR count). The number of carbonyl (C=O) groups is 1. The van der Waals surface area contributed by atoms with Gasteiger partial charge in [-0.05, 0) is 31.2 Å². The van der Waals surface area contributed by atoms with Crippen molar-refractivity contribution in [2.75, 3.05) is 10.6 Å². The molecule has 3 aromatic rings. The third-order valence-corrected chi connectivity index (χ3v) is 3.69. The number of carbonyl (C=O) groups excluding carboxylic acids is 1. The average Bonchev–Trinajstić information content (AvgIpc) is 2.83. The van der Waals surface area contributed by atoms with Crippen LogP contribution in [0.25, 0.3) is 11.1 Å². The van der Waals surface area contributed by atoms with Crippen molar-refractivity contribution in [2.45, 2.75) is 13.5 Å². The van der Waals surface area contributed by atoms with Crippen LogP contribution in [0.3, 0.4) is 0 Å². The molecule has 2 N–H and O–H groups in total. The summed E-state index contributed by atoms with van der Waals surface area (Å²) in [5.41, 5.74) is 2.14. The van der Waals surface area contributed by atoms with Gasteiger partial charge in [0.1, 0.15) is 0 Å². The first kappa shape index (κ1) is 15.2. The molecular weight excluding hydrogens is 318 g/mol. The van der Waals surface area contributed by atoms with Crippen LogP contribution >= 0.6 is 11.6 Å². The Morgan fingerprint density at radius 2 is 2.00 bits per heavy atom. The van der Waals surface area contributed by atoms with E-state index in [0.29, 0.717) is 34.0 Å². The number of amides is 2. The molecule has 118 valence electrons. The third kappa shape index (κ3) is 3.07. The molecule has 0 saturated heterocycles. The molecule has 0 fully saturated rings. The predicted octanol–water partition coefficient (Wildman–Crippen LogP) is 3.91. The standard InChI is InChI=1S/C16H14ClN3O3/c1-2-20-13-8-7-10(9-14(13)23-16(20)22)18-15(21)19-12-6-4-3-5-11(12)17/h3-9H,2H2,1H3,(H2,18,19,21). The van der Waals surface area contributed by atoms with Gasteiger partial charge in [0.05, 0.1) is 16.2 Å². The van der Waals surface area contributed by atoms with Gasteiger partial charge in [0, 0.05) is 18.3 Å². The van der Waals surface area contributed by atoms with Crippen LogP contribution in [0.2, 0.25) is 5.02 Å². The minimum Gasteiger partial charge on any atom is -0.408 e. The van der Waals surface area contributed by atoms with Gasteiger partial charge in [0.25, 0.3) is 0 Å². The van der Waals surface area contributed by atoms with E-state index in [4.69, 9.17) is 16.0 Å². The SMILES string of the molecule is CCn1c(=O)oc2cc(NC(=O)Nc3ccccc3Cl)ccc21. The number of hydrogen-bond donors (Lipinski definition) is 2. The van der Waals surface area contributed by atoms with Gasteiger partial charge in [-0.1, -0.05) is 23.7 Å². The highest BCUT2D eigenvalue weighted by Crippen LogP contribution is 2.22.